The van der Waals surface area contributed by atoms with Gasteiger partial charge in [0.25, 0.3) is 0 Å². The van der Waals surface area contributed by atoms with Crippen LogP contribution in [0.4, 0.5) is 0 Å². The van der Waals surface area contributed by atoms with Crippen LogP contribution in [-0.2, 0) is 6.42 Å². The van der Waals surface area contributed by atoms with Gasteiger partial charge in [0.1, 0.15) is 17.6 Å². The van der Waals surface area contributed by atoms with E-state index in [4.69, 9.17) is 21.6 Å². The Morgan fingerprint density at radius 2 is 2.40 bits per heavy atom. The van der Waals surface area contributed by atoms with Crippen LogP contribution in [-0.4, -0.2) is 25.8 Å². The zero-order valence-corrected chi connectivity index (χ0v) is 12.1. The zero-order chi connectivity index (χ0) is 14.5. The molecule has 0 spiro atoms. The lowest BCUT2D eigenvalue weighted by atomic mass is 10.0. The predicted molar refractivity (Wildman–Crippen MR) is 80.0 cm³/mol. The highest BCUT2D eigenvalue weighted by atomic mass is 16.5. The Kier molecular flexibility index (Phi) is 4.89. The van der Waals surface area contributed by atoms with Crippen molar-refractivity contribution in [1.29, 1.82) is 0 Å². The number of hydrogen-bond acceptors (Lipinski definition) is 4. The molecular weight excluding hydrogens is 252 g/mol. The van der Waals surface area contributed by atoms with Crippen molar-refractivity contribution in [2.45, 2.75) is 32.4 Å². The monoisotopic (exact) mass is 274 g/mol. The van der Waals surface area contributed by atoms with E-state index < -0.39 is 0 Å². The largest absolute Gasteiger partial charge is 0.494 e. The zero-order valence-electron chi connectivity index (χ0n) is 12.1. The van der Waals surface area contributed by atoms with Gasteiger partial charge in [-0.05, 0) is 26.0 Å². The molecule has 1 aromatic rings. The predicted octanol–water partition coefficient (Wildman–Crippen LogP) is 1.63. The Labute approximate surface area is 120 Å². The summed E-state index contributed by atoms with van der Waals surface area (Å²) in [6.07, 6.45) is 6.44. The molecule has 0 saturated heterocycles. The van der Waals surface area contributed by atoms with Gasteiger partial charge in [0.05, 0.1) is 13.2 Å². The summed E-state index contributed by atoms with van der Waals surface area (Å²) in [7, 11) is 0. The second kappa shape index (κ2) is 6.65. The number of ether oxygens (including phenoxy) is 2. The van der Waals surface area contributed by atoms with E-state index in [0.717, 1.165) is 23.5 Å². The minimum atomic E-state index is -0.0302. The van der Waals surface area contributed by atoms with E-state index in [-0.39, 0.29) is 12.1 Å². The summed E-state index contributed by atoms with van der Waals surface area (Å²) in [5.74, 6) is 4.37. The van der Waals surface area contributed by atoms with E-state index >= 15 is 0 Å². The summed E-state index contributed by atoms with van der Waals surface area (Å²) in [5, 5.41) is 3.24. The van der Waals surface area contributed by atoms with Gasteiger partial charge < -0.3 is 15.2 Å². The Morgan fingerprint density at radius 3 is 3.05 bits per heavy atom. The highest BCUT2D eigenvalue weighted by Gasteiger charge is 2.24. The molecule has 108 valence electrons. The first-order chi connectivity index (χ1) is 9.69. The molecule has 4 heteroatoms. The van der Waals surface area contributed by atoms with Gasteiger partial charge >= 0.3 is 0 Å². The fourth-order valence-corrected chi connectivity index (χ4v) is 2.51. The Bertz CT molecular complexity index is 508. The second-order valence-electron chi connectivity index (χ2n) is 4.94. The van der Waals surface area contributed by atoms with Gasteiger partial charge in [0.2, 0.25) is 0 Å². The van der Waals surface area contributed by atoms with Gasteiger partial charge in [0, 0.05) is 30.1 Å². The molecule has 0 fully saturated rings. The number of nitrogens with two attached hydrogens (primary N) is 1. The first kappa shape index (κ1) is 14.7. The average molecular weight is 274 g/mol. The number of nitrogens with one attached hydrogen (secondary N) is 1. The Morgan fingerprint density at radius 1 is 1.60 bits per heavy atom. The molecule has 20 heavy (non-hydrogen) atoms. The maximum atomic E-state index is 5.86. The number of terminal acetylenes is 1. The molecule has 2 atom stereocenters. The number of rotatable bonds is 6. The van der Waals surface area contributed by atoms with Gasteiger partial charge in [-0.15, -0.1) is 6.42 Å². The molecule has 1 aromatic carbocycles. The molecule has 2 rings (SSSR count). The fourth-order valence-electron chi connectivity index (χ4n) is 2.51. The topological polar surface area (TPSA) is 56.5 Å². The molecular formula is C16H22N2O2. The summed E-state index contributed by atoms with van der Waals surface area (Å²) in [5.41, 5.74) is 8.06. The minimum Gasteiger partial charge on any atom is -0.494 e. The van der Waals surface area contributed by atoms with Crippen molar-refractivity contribution in [3.05, 3.63) is 23.3 Å². The molecule has 0 amide bonds. The van der Waals surface area contributed by atoms with Crippen molar-refractivity contribution in [1.82, 2.24) is 5.32 Å². The van der Waals surface area contributed by atoms with Crippen LogP contribution in [0.5, 0.6) is 11.5 Å². The summed E-state index contributed by atoms with van der Waals surface area (Å²) in [4.78, 5) is 0. The summed E-state index contributed by atoms with van der Waals surface area (Å²) < 4.78 is 11.6. The van der Waals surface area contributed by atoms with Crippen LogP contribution in [0.25, 0.3) is 0 Å². The number of fused-ring (bicyclic) bond motifs is 1. The van der Waals surface area contributed by atoms with Gasteiger partial charge in [-0.1, -0.05) is 5.92 Å². The lowest BCUT2D eigenvalue weighted by Crippen LogP contribution is -2.29. The van der Waals surface area contributed by atoms with Crippen LogP contribution in [0, 0.1) is 12.3 Å². The molecule has 1 heterocycles. The van der Waals surface area contributed by atoms with E-state index in [1.165, 1.54) is 5.56 Å². The SMILES string of the molecule is C#CCNC(CN)c1cc2c(cc1OCC)CC(C)O2. The highest BCUT2D eigenvalue weighted by molar-refractivity contribution is 5.50. The molecule has 0 aromatic heterocycles. The summed E-state index contributed by atoms with van der Waals surface area (Å²) in [6, 6.07) is 4.07. The van der Waals surface area contributed by atoms with E-state index in [9.17, 15) is 0 Å². The van der Waals surface area contributed by atoms with Crippen LogP contribution in [0.3, 0.4) is 0 Å². The third kappa shape index (κ3) is 3.06. The van der Waals surface area contributed by atoms with Crippen LogP contribution in [0.1, 0.15) is 31.0 Å². The highest BCUT2D eigenvalue weighted by Crippen LogP contribution is 2.37. The third-order valence-corrected chi connectivity index (χ3v) is 3.39. The quantitative estimate of drug-likeness (QED) is 0.774. The van der Waals surface area contributed by atoms with Crippen molar-refractivity contribution < 1.29 is 9.47 Å². The van der Waals surface area contributed by atoms with Crippen molar-refractivity contribution in [2.75, 3.05) is 19.7 Å². The molecule has 0 bridgehead atoms. The average Bonchev–Trinajstić information content (AvgIpc) is 2.79. The molecule has 3 N–H and O–H groups in total. The normalized spacial score (nSPS) is 18.0. The maximum absolute atomic E-state index is 5.86. The van der Waals surface area contributed by atoms with Crippen LogP contribution < -0.4 is 20.5 Å². The van der Waals surface area contributed by atoms with Crippen LogP contribution >= 0.6 is 0 Å². The van der Waals surface area contributed by atoms with Gasteiger partial charge in [-0.2, -0.15) is 0 Å². The molecule has 1 aliphatic heterocycles. The number of benzene rings is 1. The smallest absolute Gasteiger partial charge is 0.124 e. The van der Waals surface area contributed by atoms with Gasteiger partial charge in [-0.25, -0.2) is 0 Å². The standard InChI is InChI=1S/C16H22N2O2/c1-4-6-18-14(10-17)13-9-15-12(7-11(3)20-15)8-16(13)19-5-2/h1,8-9,11,14,18H,5-7,10,17H2,2-3H3. The molecule has 0 radical (unpaired) electrons. The first-order valence-corrected chi connectivity index (χ1v) is 7.02. The van der Waals surface area contributed by atoms with Gasteiger partial charge in [0.15, 0.2) is 0 Å². The molecule has 2 unspecified atom stereocenters. The van der Waals surface area contributed by atoms with Crippen LogP contribution in [0.2, 0.25) is 0 Å². The molecule has 0 saturated carbocycles. The van der Waals surface area contributed by atoms with Crippen molar-refractivity contribution in [2.24, 2.45) is 5.73 Å². The molecule has 4 nitrogen and oxygen atoms in total. The van der Waals surface area contributed by atoms with E-state index in [0.29, 0.717) is 19.7 Å². The van der Waals surface area contributed by atoms with Crippen molar-refractivity contribution >= 4 is 0 Å². The fraction of sp³-hybridized carbons (Fsp3) is 0.500. The summed E-state index contributed by atoms with van der Waals surface area (Å²) in [6.45, 7) is 5.59. The third-order valence-electron chi connectivity index (χ3n) is 3.39. The van der Waals surface area contributed by atoms with Gasteiger partial charge in [-0.3, -0.25) is 5.32 Å². The molecule has 1 aliphatic rings. The minimum absolute atomic E-state index is 0.0302. The first-order valence-electron chi connectivity index (χ1n) is 7.02. The Balaban J connectivity index is 2.34. The van der Waals surface area contributed by atoms with Crippen LogP contribution in [0.15, 0.2) is 12.1 Å². The van der Waals surface area contributed by atoms with Crippen molar-refractivity contribution in [3.8, 4) is 23.8 Å². The van der Waals surface area contributed by atoms with E-state index in [1.807, 2.05) is 13.0 Å². The lowest BCUT2D eigenvalue weighted by Gasteiger charge is -2.20. The Hall–Kier alpha value is -1.70. The van der Waals surface area contributed by atoms with Crippen molar-refractivity contribution in [3.63, 3.8) is 0 Å². The molecule has 0 aliphatic carbocycles. The maximum Gasteiger partial charge on any atom is 0.124 e. The second-order valence-corrected chi connectivity index (χ2v) is 4.94. The van der Waals surface area contributed by atoms with E-state index in [2.05, 4.69) is 24.2 Å². The summed E-state index contributed by atoms with van der Waals surface area (Å²) >= 11 is 0. The number of hydrogen-bond donors (Lipinski definition) is 2. The lowest BCUT2D eigenvalue weighted by molar-refractivity contribution is 0.254. The van der Waals surface area contributed by atoms with E-state index in [1.54, 1.807) is 0 Å².